The number of nitrogens with one attached hydrogen (secondary N) is 2. The highest BCUT2D eigenvalue weighted by atomic mass is 32.1. The zero-order valence-corrected chi connectivity index (χ0v) is 18.6. The highest BCUT2D eigenvalue weighted by molar-refractivity contribution is 7.11. The Kier molecular flexibility index (Phi) is 8.31. The van der Waals surface area contributed by atoms with Gasteiger partial charge < -0.3 is 15.4 Å². The third-order valence-electron chi connectivity index (χ3n) is 5.35. The monoisotopic (exact) mass is 415 g/mol. The normalized spacial score (nSPS) is 16.0. The van der Waals surface area contributed by atoms with Gasteiger partial charge in [0.15, 0.2) is 5.96 Å². The van der Waals surface area contributed by atoms with Gasteiger partial charge in [-0.1, -0.05) is 19.1 Å². The summed E-state index contributed by atoms with van der Waals surface area (Å²) in [4.78, 5) is 12.8. The maximum absolute atomic E-state index is 5.32. The van der Waals surface area contributed by atoms with Gasteiger partial charge in [0, 0.05) is 37.6 Å². The van der Waals surface area contributed by atoms with Crippen molar-refractivity contribution in [1.82, 2.24) is 20.5 Å². The molecule has 1 atom stereocenters. The molecule has 0 bridgehead atoms. The van der Waals surface area contributed by atoms with E-state index in [0.717, 1.165) is 50.7 Å². The number of aromatic nitrogens is 1. The van der Waals surface area contributed by atoms with Crippen molar-refractivity contribution in [2.75, 3.05) is 40.3 Å². The number of aliphatic imine (C=N–C) groups is 1. The summed E-state index contributed by atoms with van der Waals surface area (Å²) in [6.45, 7) is 6.11. The molecule has 29 heavy (non-hydrogen) atoms. The molecule has 3 rings (SSSR count). The summed E-state index contributed by atoms with van der Waals surface area (Å²) in [5, 5.41) is 8.13. The summed E-state index contributed by atoms with van der Waals surface area (Å²) in [6, 6.07) is 8.77. The fraction of sp³-hybridized carbons (Fsp3) is 0.545. The first-order valence-corrected chi connectivity index (χ1v) is 11.3. The minimum atomic E-state index is 0.327. The van der Waals surface area contributed by atoms with Crippen LogP contribution in [0.5, 0.6) is 5.75 Å². The van der Waals surface area contributed by atoms with Gasteiger partial charge in [-0.05, 0) is 50.0 Å². The van der Waals surface area contributed by atoms with Crippen LogP contribution in [0.3, 0.4) is 0 Å². The van der Waals surface area contributed by atoms with E-state index in [1.165, 1.54) is 28.3 Å². The average molecular weight is 416 g/mol. The SMILES string of the molecule is CCc1cnc(CCNC(=NC)NCC(c2ccc(OC)cc2)N2CCCC2)s1. The zero-order chi connectivity index (χ0) is 20.5. The number of aryl methyl sites for hydroxylation is 1. The lowest BCUT2D eigenvalue weighted by atomic mass is 10.1. The van der Waals surface area contributed by atoms with Crippen LogP contribution in [0.4, 0.5) is 0 Å². The predicted molar refractivity (Wildman–Crippen MR) is 121 cm³/mol. The number of hydrogen-bond donors (Lipinski definition) is 2. The Bertz CT molecular complexity index is 768. The first kappa shape index (κ1) is 21.6. The molecule has 0 radical (unpaired) electrons. The molecule has 1 aromatic carbocycles. The van der Waals surface area contributed by atoms with Gasteiger partial charge in [0.1, 0.15) is 5.75 Å². The minimum Gasteiger partial charge on any atom is -0.497 e. The third-order valence-corrected chi connectivity index (χ3v) is 6.55. The van der Waals surface area contributed by atoms with Crippen molar-refractivity contribution in [2.45, 2.75) is 38.6 Å². The summed E-state index contributed by atoms with van der Waals surface area (Å²) in [5.41, 5.74) is 1.31. The van der Waals surface area contributed by atoms with E-state index in [1.807, 2.05) is 25.4 Å². The number of benzene rings is 1. The van der Waals surface area contributed by atoms with E-state index in [-0.39, 0.29) is 0 Å². The molecule has 0 saturated carbocycles. The number of likely N-dealkylation sites (tertiary alicyclic amines) is 1. The number of nitrogens with zero attached hydrogens (tertiary/aromatic N) is 3. The minimum absolute atomic E-state index is 0.327. The lowest BCUT2D eigenvalue weighted by Crippen LogP contribution is -2.43. The van der Waals surface area contributed by atoms with Crippen LogP contribution >= 0.6 is 11.3 Å². The molecule has 1 unspecified atom stereocenters. The smallest absolute Gasteiger partial charge is 0.191 e. The van der Waals surface area contributed by atoms with Crippen molar-refractivity contribution in [3.05, 3.63) is 45.9 Å². The molecular weight excluding hydrogens is 382 g/mol. The Hall–Kier alpha value is -2.12. The molecule has 1 fully saturated rings. The molecule has 0 spiro atoms. The number of guanidine groups is 1. The van der Waals surface area contributed by atoms with E-state index < -0.39 is 0 Å². The first-order chi connectivity index (χ1) is 14.2. The largest absolute Gasteiger partial charge is 0.497 e. The van der Waals surface area contributed by atoms with Crippen molar-refractivity contribution >= 4 is 17.3 Å². The number of rotatable bonds is 9. The van der Waals surface area contributed by atoms with Crippen molar-refractivity contribution in [3.8, 4) is 5.75 Å². The van der Waals surface area contributed by atoms with Gasteiger partial charge in [0.05, 0.1) is 18.2 Å². The van der Waals surface area contributed by atoms with E-state index in [1.54, 1.807) is 18.4 Å². The van der Waals surface area contributed by atoms with Gasteiger partial charge in [-0.3, -0.25) is 9.89 Å². The number of methoxy groups -OCH3 is 1. The molecule has 2 N–H and O–H groups in total. The molecule has 7 heteroatoms. The number of ether oxygens (including phenoxy) is 1. The molecule has 1 aliphatic rings. The molecule has 6 nitrogen and oxygen atoms in total. The summed E-state index contributed by atoms with van der Waals surface area (Å²) in [6.07, 6.45) is 6.50. The molecule has 1 aromatic heterocycles. The van der Waals surface area contributed by atoms with Crippen LogP contribution in [0.1, 0.15) is 41.3 Å². The molecular formula is C22H33N5OS. The lowest BCUT2D eigenvalue weighted by molar-refractivity contribution is 0.245. The molecule has 1 saturated heterocycles. The summed E-state index contributed by atoms with van der Waals surface area (Å²) >= 11 is 1.80. The average Bonchev–Trinajstić information content (AvgIpc) is 3.45. The van der Waals surface area contributed by atoms with Crippen LogP contribution in [0.2, 0.25) is 0 Å². The van der Waals surface area contributed by atoms with E-state index in [9.17, 15) is 0 Å². The third kappa shape index (κ3) is 6.18. The van der Waals surface area contributed by atoms with E-state index in [4.69, 9.17) is 4.74 Å². The molecule has 1 aliphatic heterocycles. The van der Waals surface area contributed by atoms with Gasteiger partial charge in [0.2, 0.25) is 0 Å². The van der Waals surface area contributed by atoms with E-state index in [0.29, 0.717) is 6.04 Å². The summed E-state index contributed by atoms with van der Waals surface area (Å²) in [5.74, 6) is 1.74. The van der Waals surface area contributed by atoms with Crippen LogP contribution in [-0.4, -0.2) is 56.2 Å². The van der Waals surface area contributed by atoms with Crippen LogP contribution in [0, 0.1) is 0 Å². The predicted octanol–water partition coefficient (Wildman–Crippen LogP) is 3.26. The van der Waals surface area contributed by atoms with Gasteiger partial charge in [0.25, 0.3) is 0 Å². The quantitative estimate of drug-likeness (QED) is 0.486. The standard InChI is InChI=1S/C22H33N5OS/c1-4-19-15-25-21(29-19)11-12-24-22(23-2)26-16-20(27-13-5-6-14-27)17-7-9-18(28-3)10-8-17/h7-10,15,20H,4-6,11-14,16H2,1-3H3,(H2,23,24,26). The van der Waals surface area contributed by atoms with Crippen LogP contribution in [0.15, 0.2) is 35.5 Å². The first-order valence-electron chi connectivity index (χ1n) is 10.5. The van der Waals surface area contributed by atoms with Gasteiger partial charge in [-0.15, -0.1) is 11.3 Å². The molecule has 158 valence electrons. The second kappa shape index (κ2) is 11.2. The lowest BCUT2D eigenvalue weighted by Gasteiger charge is -2.29. The van der Waals surface area contributed by atoms with Crippen molar-refractivity contribution in [3.63, 3.8) is 0 Å². The highest BCUT2D eigenvalue weighted by Gasteiger charge is 2.23. The Labute approximate surface area is 178 Å². The van der Waals surface area contributed by atoms with Crippen molar-refractivity contribution in [2.24, 2.45) is 4.99 Å². The number of hydrogen-bond acceptors (Lipinski definition) is 5. The van der Waals surface area contributed by atoms with Gasteiger partial charge >= 0.3 is 0 Å². The second-order valence-electron chi connectivity index (χ2n) is 7.24. The topological polar surface area (TPSA) is 61.8 Å². The maximum atomic E-state index is 5.32. The molecule has 0 amide bonds. The Morgan fingerprint density at radius 2 is 2.00 bits per heavy atom. The van der Waals surface area contributed by atoms with Crippen LogP contribution < -0.4 is 15.4 Å². The van der Waals surface area contributed by atoms with Crippen LogP contribution in [0.25, 0.3) is 0 Å². The highest BCUT2D eigenvalue weighted by Crippen LogP contribution is 2.26. The van der Waals surface area contributed by atoms with Gasteiger partial charge in [-0.25, -0.2) is 4.98 Å². The number of thiazole rings is 1. The Balaban J connectivity index is 1.54. The molecule has 0 aliphatic carbocycles. The zero-order valence-electron chi connectivity index (χ0n) is 17.8. The fourth-order valence-electron chi connectivity index (χ4n) is 3.67. The molecule has 2 aromatic rings. The maximum Gasteiger partial charge on any atom is 0.191 e. The molecule has 2 heterocycles. The van der Waals surface area contributed by atoms with Crippen molar-refractivity contribution < 1.29 is 4.74 Å². The Morgan fingerprint density at radius 3 is 2.62 bits per heavy atom. The second-order valence-corrected chi connectivity index (χ2v) is 8.44. The van der Waals surface area contributed by atoms with E-state index in [2.05, 4.69) is 44.6 Å². The van der Waals surface area contributed by atoms with Gasteiger partial charge in [-0.2, -0.15) is 0 Å². The fourth-order valence-corrected chi connectivity index (χ4v) is 4.53. The summed E-state index contributed by atoms with van der Waals surface area (Å²) in [7, 11) is 3.53. The van der Waals surface area contributed by atoms with Crippen molar-refractivity contribution in [1.29, 1.82) is 0 Å². The Morgan fingerprint density at radius 1 is 1.24 bits per heavy atom. The summed E-state index contributed by atoms with van der Waals surface area (Å²) < 4.78 is 5.32. The van der Waals surface area contributed by atoms with Crippen LogP contribution in [-0.2, 0) is 12.8 Å². The van der Waals surface area contributed by atoms with E-state index >= 15 is 0 Å².